The predicted octanol–water partition coefficient (Wildman–Crippen LogP) is 2.88. The van der Waals surface area contributed by atoms with E-state index in [0.717, 1.165) is 5.56 Å². The molecule has 1 aliphatic heterocycles. The molecule has 1 aliphatic rings. The van der Waals surface area contributed by atoms with Crippen LogP contribution in [-0.4, -0.2) is 5.24 Å². The maximum atomic E-state index is 10.7. The van der Waals surface area contributed by atoms with Crippen molar-refractivity contribution in [2.75, 3.05) is 0 Å². The number of nitrogens with zero attached hydrogens (tertiary/aromatic N) is 2. The molecule has 1 heterocycles. The van der Waals surface area contributed by atoms with Crippen molar-refractivity contribution in [3.05, 3.63) is 35.4 Å². The van der Waals surface area contributed by atoms with Crippen molar-refractivity contribution in [3.63, 3.8) is 0 Å². The second-order valence-electron chi connectivity index (χ2n) is 2.64. The van der Waals surface area contributed by atoms with Gasteiger partial charge in [0.25, 0.3) is 10.4 Å². The highest BCUT2D eigenvalue weighted by Gasteiger charge is 2.39. The largest absolute Gasteiger partial charge is 0.289 e. The summed E-state index contributed by atoms with van der Waals surface area (Å²) in [6.07, 6.45) is 0. The van der Waals surface area contributed by atoms with E-state index < -0.39 is 10.4 Å². The van der Waals surface area contributed by atoms with Gasteiger partial charge >= 0.3 is 0 Å². The SMILES string of the molecule is O=C(Cl)c1ccc(C2(Cl)N=N2)cc1. The van der Waals surface area contributed by atoms with E-state index in [2.05, 4.69) is 10.2 Å². The Bertz CT molecular complexity index is 380. The van der Waals surface area contributed by atoms with Crippen LogP contribution in [0, 0.1) is 0 Å². The maximum Gasteiger partial charge on any atom is 0.289 e. The first-order valence-corrected chi connectivity index (χ1v) is 4.31. The number of alkyl halides is 1. The summed E-state index contributed by atoms with van der Waals surface area (Å²) in [4.78, 5) is 10.7. The van der Waals surface area contributed by atoms with Gasteiger partial charge in [-0.05, 0) is 23.7 Å². The first kappa shape index (κ1) is 8.66. The second-order valence-corrected chi connectivity index (χ2v) is 3.51. The minimum absolute atomic E-state index is 0.436. The second kappa shape index (κ2) is 2.79. The van der Waals surface area contributed by atoms with Crippen LogP contribution in [0.2, 0.25) is 0 Å². The Morgan fingerprint density at radius 1 is 1.23 bits per heavy atom. The van der Waals surface area contributed by atoms with E-state index in [4.69, 9.17) is 23.2 Å². The Balaban J connectivity index is 2.29. The fourth-order valence-corrected chi connectivity index (χ4v) is 1.26. The van der Waals surface area contributed by atoms with Gasteiger partial charge in [0.1, 0.15) is 0 Å². The van der Waals surface area contributed by atoms with Crippen LogP contribution in [-0.2, 0) is 5.12 Å². The number of carbonyl (C=O) groups excluding carboxylic acids is 1. The summed E-state index contributed by atoms with van der Waals surface area (Å²) in [7, 11) is 0. The van der Waals surface area contributed by atoms with Gasteiger partial charge in [0.2, 0.25) is 0 Å². The molecule has 0 N–H and O–H groups in total. The van der Waals surface area contributed by atoms with E-state index in [1.165, 1.54) is 0 Å². The molecule has 0 bridgehead atoms. The van der Waals surface area contributed by atoms with E-state index in [1.807, 2.05) is 0 Å². The van der Waals surface area contributed by atoms with E-state index in [-0.39, 0.29) is 0 Å². The van der Waals surface area contributed by atoms with Crippen LogP contribution in [0.3, 0.4) is 0 Å². The molecule has 0 aromatic heterocycles. The lowest BCUT2D eigenvalue weighted by molar-refractivity contribution is 0.108. The predicted molar refractivity (Wildman–Crippen MR) is 49.0 cm³/mol. The lowest BCUT2D eigenvalue weighted by Gasteiger charge is -2.01. The smallest absolute Gasteiger partial charge is 0.276 e. The number of rotatable bonds is 2. The molecule has 0 radical (unpaired) electrons. The van der Waals surface area contributed by atoms with Crippen molar-refractivity contribution in [1.82, 2.24) is 0 Å². The first-order valence-electron chi connectivity index (χ1n) is 3.55. The fourth-order valence-electron chi connectivity index (χ4n) is 0.973. The third-order valence-corrected chi connectivity index (χ3v) is 2.34. The summed E-state index contributed by atoms with van der Waals surface area (Å²) in [5.74, 6) is 0. The molecule has 3 nitrogen and oxygen atoms in total. The van der Waals surface area contributed by atoms with Crippen molar-refractivity contribution in [2.24, 2.45) is 10.2 Å². The van der Waals surface area contributed by atoms with Gasteiger partial charge in [-0.2, -0.15) is 0 Å². The zero-order valence-corrected chi connectivity index (χ0v) is 7.88. The molecule has 0 amide bonds. The molecular formula is C8H4Cl2N2O. The number of halogens is 2. The lowest BCUT2D eigenvalue weighted by atomic mass is 10.1. The van der Waals surface area contributed by atoms with Gasteiger partial charge < -0.3 is 0 Å². The number of benzene rings is 1. The maximum absolute atomic E-state index is 10.7. The molecule has 66 valence electrons. The molecule has 0 fully saturated rings. The monoisotopic (exact) mass is 214 g/mol. The summed E-state index contributed by atoms with van der Waals surface area (Å²) in [5, 5.41) is 5.91. The van der Waals surface area contributed by atoms with Crippen LogP contribution in [0.1, 0.15) is 15.9 Å². The highest BCUT2D eigenvalue weighted by molar-refractivity contribution is 6.67. The van der Waals surface area contributed by atoms with Gasteiger partial charge in [0.05, 0.1) is 0 Å². The third kappa shape index (κ3) is 1.57. The van der Waals surface area contributed by atoms with Crippen LogP contribution < -0.4 is 0 Å². The molecule has 2 rings (SSSR count). The molecule has 0 saturated heterocycles. The topological polar surface area (TPSA) is 41.8 Å². The Hall–Kier alpha value is -0.930. The van der Waals surface area contributed by atoms with E-state index in [1.54, 1.807) is 24.3 Å². The van der Waals surface area contributed by atoms with Crippen molar-refractivity contribution in [3.8, 4) is 0 Å². The van der Waals surface area contributed by atoms with Crippen molar-refractivity contribution in [1.29, 1.82) is 0 Å². The van der Waals surface area contributed by atoms with Crippen molar-refractivity contribution in [2.45, 2.75) is 5.12 Å². The van der Waals surface area contributed by atoms with Gasteiger partial charge in [-0.3, -0.25) is 4.79 Å². The van der Waals surface area contributed by atoms with Gasteiger partial charge in [-0.25, -0.2) is 0 Å². The molecule has 0 spiro atoms. The van der Waals surface area contributed by atoms with Crippen LogP contribution in [0.15, 0.2) is 34.5 Å². The fraction of sp³-hybridized carbons (Fsp3) is 0.125. The van der Waals surface area contributed by atoms with Gasteiger partial charge in [0.15, 0.2) is 0 Å². The molecule has 0 aliphatic carbocycles. The average Bonchev–Trinajstić information content (AvgIpc) is 2.85. The Morgan fingerprint density at radius 3 is 2.15 bits per heavy atom. The van der Waals surface area contributed by atoms with Crippen LogP contribution >= 0.6 is 23.2 Å². The molecule has 5 heteroatoms. The number of hydrogen-bond donors (Lipinski definition) is 0. The van der Waals surface area contributed by atoms with Crippen molar-refractivity contribution < 1.29 is 4.79 Å². The lowest BCUT2D eigenvalue weighted by Crippen LogP contribution is -1.98. The number of hydrogen-bond acceptors (Lipinski definition) is 3. The summed E-state index contributed by atoms with van der Waals surface area (Å²) in [5.41, 5.74) is 1.18. The summed E-state index contributed by atoms with van der Waals surface area (Å²) < 4.78 is 0. The summed E-state index contributed by atoms with van der Waals surface area (Å²) in [6, 6.07) is 6.56. The van der Waals surface area contributed by atoms with E-state index in [9.17, 15) is 4.79 Å². The first-order chi connectivity index (χ1) is 6.12. The van der Waals surface area contributed by atoms with Gasteiger partial charge in [-0.1, -0.05) is 23.7 Å². The number of carbonyl (C=O) groups is 1. The normalized spacial score (nSPS) is 17.1. The highest BCUT2D eigenvalue weighted by Crippen LogP contribution is 2.43. The minimum atomic E-state index is -0.909. The van der Waals surface area contributed by atoms with E-state index in [0.29, 0.717) is 5.56 Å². The molecule has 0 atom stereocenters. The van der Waals surface area contributed by atoms with Crippen molar-refractivity contribution >= 4 is 28.4 Å². The van der Waals surface area contributed by atoms with Gasteiger partial charge in [-0.15, -0.1) is 10.2 Å². The molecule has 0 saturated carbocycles. The summed E-state index contributed by atoms with van der Waals surface area (Å²) >= 11 is 11.1. The molecule has 0 unspecified atom stereocenters. The highest BCUT2D eigenvalue weighted by atomic mass is 35.5. The minimum Gasteiger partial charge on any atom is -0.276 e. The molecular weight excluding hydrogens is 211 g/mol. The Kier molecular flexibility index (Phi) is 1.86. The molecule has 1 aromatic carbocycles. The third-order valence-electron chi connectivity index (χ3n) is 1.75. The molecule has 13 heavy (non-hydrogen) atoms. The quantitative estimate of drug-likeness (QED) is 0.424. The zero-order valence-electron chi connectivity index (χ0n) is 6.37. The van der Waals surface area contributed by atoms with E-state index >= 15 is 0 Å². The summed E-state index contributed by atoms with van der Waals surface area (Å²) in [6.45, 7) is 0. The zero-order chi connectivity index (χ0) is 9.47. The van der Waals surface area contributed by atoms with Gasteiger partial charge in [0, 0.05) is 11.1 Å². The Morgan fingerprint density at radius 2 is 1.77 bits per heavy atom. The van der Waals surface area contributed by atoms with Crippen LogP contribution in [0.25, 0.3) is 0 Å². The van der Waals surface area contributed by atoms with Crippen LogP contribution in [0.5, 0.6) is 0 Å². The molecule has 1 aromatic rings. The standard InChI is InChI=1S/C8H4Cl2N2O/c9-7(13)5-1-3-6(4-2-5)8(10)11-12-8/h1-4H. The Labute approximate surface area is 84.4 Å². The average molecular weight is 215 g/mol. The van der Waals surface area contributed by atoms with Crippen LogP contribution in [0.4, 0.5) is 0 Å².